The second kappa shape index (κ2) is 4.51. The number of halogens is 6. The van der Waals surface area contributed by atoms with Crippen molar-refractivity contribution in [2.75, 3.05) is 0 Å². The number of carboxylic acids is 1. The number of benzene rings is 1. The molecule has 0 heterocycles. The smallest absolute Gasteiger partial charge is 0.419 e. The van der Waals surface area contributed by atoms with Crippen molar-refractivity contribution in [2.45, 2.75) is 18.5 Å². The van der Waals surface area contributed by atoms with Crippen molar-refractivity contribution in [3.8, 4) is 0 Å². The van der Waals surface area contributed by atoms with Crippen LogP contribution in [0.5, 0.6) is 0 Å². The first-order chi connectivity index (χ1) is 8.04. The van der Waals surface area contributed by atoms with E-state index in [2.05, 4.69) is 0 Å². The van der Waals surface area contributed by atoms with Gasteiger partial charge in [0.1, 0.15) is 5.82 Å². The Morgan fingerprint density at radius 2 is 1.72 bits per heavy atom. The van der Waals surface area contributed by atoms with Crippen molar-refractivity contribution in [1.29, 1.82) is 0 Å². The molecule has 0 spiro atoms. The highest BCUT2D eigenvalue weighted by molar-refractivity contribution is 5.75. The minimum atomic E-state index is -5.03. The molecule has 0 unspecified atom stereocenters. The Labute approximate surface area is 96.8 Å². The average Bonchev–Trinajstić information content (AvgIpc) is 2.18. The van der Waals surface area contributed by atoms with Crippen molar-refractivity contribution in [2.24, 2.45) is 0 Å². The molecule has 1 aromatic rings. The summed E-state index contributed by atoms with van der Waals surface area (Å²) in [4.78, 5) is 10.1. The third-order valence-electron chi connectivity index (χ3n) is 2.08. The topological polar surface area (TPSA) is 37.3 Å². The van der Waals surface area contributed by atoms with Gasteiger partial charge in [-0.05, 0) is 17.7 Å². The van der Waals surface area contributed by atoms with E-state index >= 15 is 0 Å². The summed E-state index contributed by atoms with van der Waals surface area (Å²) in [5, 5.41) is 8.14. The largest absolute Gasteiger partial charge is 0.477 e. The van der Waals surface area contributed by atoms with Gasteiger partial charge < -0.3 is 5.11 Å². The molecule has 18 heavy (non-hydrogen) atoms. The molecule has 0 bridgehead atoms. The first kappa shape index (κ1) is 14.3. The predicted octanol–water partition coefficient (Wildman–Crippen LogP) is 3.11. The highest BCUT2D eigenvalue weighted by Crippen LogP contribution is 2.33. The maximum atomic E-state index is 12.8. The fourth-order valence-corrected chi connectivity index (χ4v) is 1.23. The van der Waals surface area contributed by atoms with Gasteiger partial charge in [0.25, 0.3) is 0 Å². The van der Waals surface area contributed by atoms with Gasteiger partial charge in [-0.1, -0.05) is 6.07 Å². The minimum Gasteiger partial charge on any atom is -0.477 e. The molecule has 0 atom stereocenters. The first-order valence-electron chi connectivity index (χ1n) is 4.51. The van der Waals surface area contributed by atoms with E-state index in [0.29, 0.717) is 12.1 Å². The second-order valence-electron chi connectivity index (χ2n) is 3.50. The molecule has 1 aromatic carbocycles. The van der Waals surface area contributed by atoms with Gasteiger partial charge in [-0.2, -0.15) is 22.0 Å². The Hall–Kier alpha value is -1.73. The summed E-state index contributed by atoms with van der Waals surface area (Å²) in [5.74, 6) is -8.27. The summed E-state index contributed by atoms with van der Waals surface area (Å²) in [6, 6.07) is 1.23. The normalized spacial score (nSPS) is 12.6. The Bertz CT molecular complexity index is 466. The van der Waals surface area contributed by atoms with Gasteiger partial charge in [-0.15, -0.1) is 0 Å². The van der Waals surface area contributed by atoms with Crippen molar-refractivity contribution >= 4 is 5.97 Å². The molecule has 8 heteroatoms. The third-order valence-corrected chi connectivity index (χ3v) is 2.08. The van der Waals surface area contributed by atoms with Crippen molar-refractivity contribution in [1.82, 2.24) is 0 Å². The Morgan fingerprint density at radius 1 is 1.17 bits per heavy atom. The molecule has 0 aliphatic rings. The quantitative estimate of drug-likeness (QED) is 0.858. The van der Waals surface area contributed by atoms with Gasteiger partial charge in [0.15, 0.2) is 0 Å². The molecule has 1 N–H and O–H groups in total. The van der Waals surface area contributed by atoms with Crippen LogP contribution in [0, 0.1) is 5.82 Å². The molecule has 0 radical (unpaired) electrons. The fraction of sp³-hybridized carbons (Fsp3) is 0.300. The van der Waals surface area contributed by atoms with E-state index in [9.17, 15) is 31.1 Å². The summed E-state index contributed by atoms with van der Waals surface area (Å²) >= 11 is 0. The number of carbonyl (C=O) groups is 1. The zero-order valence-electron chi connectivity index (χ0n) is 8.56. The maximum Gasteiger partial charge on any atom is 0.419 e. The molecule has 100 valence electrons. The van der Waals surface area contributed by atoms with E-state index in [0.717, 1.165) is 0 Å². The summed E-state index contributed by atoms with van der Waals surface area (Å²) < 4.78 is 75.2. The number of carboxylic acid groups (broad SMARTS) is 1. The lowest BCUT2D eigenvalue weighted by atomic mass is 10.0. The van der Waals surface area contributed by atoms with Gasteiger partial charge in [-0.3, -0.25) is 0 Å². The number of rotatable bonds is 3. The lowest BCUT2D eigenvalue weighted by molar-refractivity contribution is -0.164. The molecule has 0 amide bonds. The van der Waals surface area contributed by atoms with Gasteiger partial charge in [-0.25, -0.2) is 9.18 Å². The summed E-state index contributed by atoms with van der Waals surface area (Å²) in [6.07, 6.45) is -6.47. The first-order valence-corrected chi connectivity index (χ1v) is 4.51. The fourth-order valence-electron chi connectivity index (χ4n) is 1.23. The van der Waals surface area contributed by atoms with Crippen LogP contribution in [0.3, 0.4) is 0 Å². The highest BCUT2D eigenvalue weighted by Gasteiger charge is 2.40. The van der Waals surface area contributed by atoms with Crippen LogP contribution in [-0.4, -0.2) is 17.0 Å². The van der Waals surface area contributed by atoms with Gasteiger partial charge >= 0.3 is 18.1 Å². The molecule has 0 saturated carbocycles. The third kappa shape index (κ3) is 3.14. The zero-order chi connectivity index (χ0) is 14.1. The van der Waals surface area contributed by atoms with Crippen LogP contribution in [0.4, 0.5) is 26.3 Å². The van der Waals surface area contributed by atoms with Crippen LogP contribution < -0.4 is 0 Å². The van der Waals surface area contributed by atoms with E-state index in [1.54, 1.807) is 0 Å². The minimum absolute atomic E-state index is 0.173. The van der Waals surface area contributed by atoms with Crippen LogP contribution in [0.1, 0.15) is 11.1 Å². The molecule has 0 fully saturated rings. The molecule has 0 aromatic heterocycles. The summed E-state index contributed by atoms with van der Waals surface area (Å²) in [5.41, 5.74) is -2.32. The molecular formula is C10H6F6O2. The number of hydrogen-bond acceptors (Lipinski definition) is 1. The van der Waals surface area contributed by atoms with E-state index in [1.807, 2.05) is 0 Å². The number of alkyl halides is 5. The summed E-state index contributed by atoms with van der Waals surface area (Å²) in [7, 11) is 0. The Morgan fingerprint density at radius 3 is 2.17 bits per heavy atom. The predicted molar refractivity (Wildman–Crippen MR) is 47.7 cm³/mol. The summed E-state index contributed by atoms with van der Waals surface area (Å²) in [6.45, 7) is 0. The van der Waals surface area contributed by atoms with Crippen molar-refractivity contribution in [3.05, 3.63) is 35.1 Å². The lowest BCUT2D eigenvalue weighted by Gasteiger charge is -2.13. The lowest BCUT2D eigenvalue weighted by Crippen LogP contribution is -2.30. The highest BCUT2D eigenvalue weighted by atomic mass is 19.4. The molecular weight excluding hydrogens is 266 g/mol. The van der Waals surface area contributed by atoms with Gasteiger partial charge in [0.05, 0.1) is 5.56 Å². The molecule has 1 rings (SSSR count). The van der Waals surface area contributed by atoms with Gasteiger partial charge in [0, 0.05) is 6.42 Å². The second-order valence-corrected chi connectivity index (χ2v) is 3.50. The van der Waals surface area contributed by atoms with Crippen LogP contribution >= 0.6 is 0 Å². The Balaban J connectivity index is 3.11. The van der Waals surface area contributed by atoms with Crippen molar-refractivity contribution < 1.29 is 36.2 Å². The van der Waals surface area contributed by atoms with Crippen LogP contribution in [0.2, 0.25) is 0 Å². The van der Waals surface area contributed by atoms with E-state index < -0.39 is 41.4 Å². The Kier molecular flexibility index (Phi) is 3.59. The maximum absolute atomic E-state index is 12.8. The monoisotopic (exact) mass is 272 g/mol. The standard InChI is InChI=1S/C10H6F6O2/c11-7-2-1-5(3-6(7)10(14,15)16)4-9(12,13)8(17)18/h1-3H,4H2,(H,17,18). The van der Waals surface area contributed by atoms with E-state index in [1.165, 1.54) is 0 Å². The molecule has 0 aliphatic heterocycles. The van der Waals surface area contributed by atoms with Gasteiger partial charge in [0.2, 0.25) is 0 Å². The van der Waals surface area contributed by atoms with Crippen molar-refractivity contribution in [3.63, 3.8) is 0 Å². The van der Waals surface area contributed by atoms with Crippen LogP contribution in [0.15, 0.2) is 18.2 Å². The molecule has 0 aliphatic carbocycles. The zero-order valence-corrected chi connectivity index (χ0v) is 8.56. The van der Waals surface area contributed by atoms with Crippen LogP contribution in [-0.2, 0) is 17.4 Å². The number of aliphatic carboxylic acids is 1. The van der Waals surface area contributed by atoms with E-state index in [4.69, 9.17) is 5.11 Å². The molecule has 0 saturated heterocycles. The van der Waals surface area contributed by atoms with E-state index in [-0.39, 0.29) is 6.07 Å². The van der Waals surface area contributed by atoms with Crippen LogP contribution in [0.25, 0.3) is 0 Å². The SMILES string of the molecule is O=C(O)C(F)(F)Cc1ccc(F)c(C(F)(F)F)c1. The number of hydrogen-bond donors (Lipinski definition) is 1. The average molecular weight is 272 g/mol. The molecule has 2 nitrogen and oxygen atoms in total.